The summed E-state index contributed by atoms with van der Waals surface area (Å²) in [6.45, 7) is 11.7. The Labute approximate surface area is 377 Å². The van der Waals surface area contributed by atoms with Crippen LogP contribution in [-0.2, 0) is 21.9 Å². The Morgan fingerprint density at radius 1 is 0.646 bits per heavy atom. The van der Waals surface area contributed by atoms with Gasteiger partial charge < -0.3 is 24.8 Å². The number of halogens is 1. The molecule has 0 spiro atoms. The van der Waals surface area contributed by atoms with Crippen LogP contribution < -0.4 is 16.4 Å². The lowest BCUT2D eigenvalue weighted by atomic mass is 9.97. The Hall–Kier alpha value is -5.93. The molecule has 0 aromatic carbocycles. The SMILES string of the molecule is CC1CN(Cc2ccc3nccn3n2)CC1c1nn2c(C3CCOCC3)ncc2c(=O)[nH]1.CC1CNCC1c1nn2c(C3CCOCC3)ncc2c(=O)[nH]1.ClCc1ccc2nccn2n1. The van der Waals surface area contributed by atoms with E-state index in [2.05, 4.69) is 64.2 Å². The van der Waals surface area contributed by atoms with Gasteiger partial charge in [-0.3, -0.25) is 14.5 Å². The Balaban J connectivity index is 0.000000129. The van der Waals surface area contributed by atoms with Gasteiger partial charge in [0, 0.05) is 101 Å². The molecule has 21 heteroatoms. The van der Waals surface area contributed by atoms with Gasteiger partial charge in [0.1, 0.15) is 23.3 Å². The second kappa shape index (κ2) is 18.9. The number of imidazole rings is 4. The van der Waals surface area contributed by atoms with Gasteiger partial charge in [-0.1, -0.05) is 13.8 Å². The normalized spacial score (nSPS) is 22.1. The van der Waals surface area contributed by atoms with Gasteiger partial charge in [-0.2, -0.15) is 20.4 Å². The van der Waals surface area contributed by atoms with Crippen LogP contribution in [0.15, 0.2) is 71.0 Å². The average molecular weight is 905 g/mol. The summed E-state index contributed by atoms with van der Waals surface area (Å²) in [6, 6.07) is 7.78. The monoisotopic (exact) mass is 904 g/mol. The van der Waals surface area contributed by atoms with Crippen LogP contribution in [0.2, 0.25) is 0 Å². The third-order valence-corrected chi connectivity index (χ3v) is 13.4. The fourth-order valence-corrected chi connectivity index (χ4v) is 9.63. The molecule has 8 aromatic heterocycles. The predicted octanol–water partition coefficient (Wildman–Crippen LogP) is 3.69. The molecule has 0 amide bonds. The first kappa shape index (κ1) is 43.0. The average Bonchev–Trinajstić information content (AvgIpc) is 4.20. The smallest absolute Gasteiger partial charge is 0.276 e. The Morgan fingerprint density at radius 2 is 1.18 bits per heavy atom. The zero-order valence-electron chi connectivity index (χ0n) is 36.5. The summed E-state index contributed by atoms with van der Waals surface area (Å²) in [5, 5.41) is 21.8. The second-order valence-electron chi connectivity index (χ2n) is 17.5. The van der Waals surface area contributed by atoms with E-state index < -0.39 is 0 Å². The van der Waals surface area contributed by atoms with Gasteiger partial charge in [0.15, 0.2) is 22.3 Å². The van der Waals surface area contributed by atoms with Crippen molar-refractivity contribution in [1.82, 2.24) is 78.6 Å². The van der Waals surface area contributed by atoms with Crippen molar-refractivity contribution in [1.29, 1.82) is 0 Å². The van der Waals surface area contributed by atoms with Gasteiger partial charge in [-0.15, -0.1) is 11.6 Å². The molecule has 12 rings (SSSR count). The molecule has 4 aliphatic rings. The molecule has 0 radical (unpaired) electrons. The zero-order valence-corrected chi connectivity index (χ0v) is 37.2. The van der Waals surface area contributed by atoms with Crippen molar-refractivity contribution >= 4 is 33.9 Å². The fraction of sp³-hybridized carbons (Fsp3) is 0.500. The van der Waals surface area contributed by atoms with Crippen molar-refractivity contribution in [3.05, 3.63) is 117 Å². The molecule has 0 aliphatic carbocycles. The highest BCUT2D eigenvalue weighted by Crippen LogP contribution is 2.32. The van der Waals surface area contributed by atoms with Gasteiger partial charge in [0.05, 0.1) is 29.7 Å². The first-order chi connectivity index (χ1) is 31.8. The van der Waals surface area contributed by atoms with Gasteiger partial charge in [-0.05, 0) is 68.3 Å². The summed E-state index contributed by atoms with van der Waals surface area (Å²) in [4.78, 5) is 50.9. The van der Waals surface area contributed by atoms with Gasteiger partial charge in [-0.25, -0.2) is 38.0 Å². The second-order valence-corrected chi connectivity index (χ2v) is 17.8. The summed E-state index contributed by atoms with van der Waals surface area (Å²) in [5.41, 5.74) is 4.36. The number of fused-ring (bicyclic) bond motifs is 4. The molecule has 0 bridgehead atoms. The van der Waals surface area contributed by atoms with E-state index >= 15 is 0 Å². The number of hydrogen-bond acceptors (Lipinski definition) is 14. The molecule has 4 atom stereocenters. The summed E-state index contributed by atoms with van der Waals surface area (Å²) >= 11 is 5.60. The van der Waals surface area contributed by atoms with Crippen molar-refractivity contribution in [3.63, 3.8) is 0 Å². The molecular formula is C44H53ClN16O4. The van der Waals surface area contributed by atoms with Crippen LogP contribution in [0, 0.1) is 11.8 Å². The Kier molecular flexibility index (Phi) is 12.5. The number of hydrogen-bond donors (Lipinski definition) is 3. The maximum absolute atomic E-state index is 12.8. The molecule has 4 fully saturated rings. The highest BCUT2D eigenvalue weighted by molar-refractivity contribution is 6.16. The lowest BCUT2D eigenvalue weighted by Gasteiger charge is -2.21. The van der Waals surface area contributed by atoms with Gasteiger partial charge in [0.25, 0.3) is 11.1 Å². The van der Waals surface area contributed by atoms with Crippen LogP contribution in [0.5, 0.6) is 0 Å². The molecule has 4 aliphatic heterocycles. The van der Waals surface area contributed by atoms with Crippen molar-refractivity contribution in [3.8, 4) is 0 Å². The van der Waals surface area contributed by atoms with E-state index in [1.165, 1.54) is 0 Å². The van der Waals surface area contributed by atoms with E-state index in [0.29, 0.717) is 34.7 Å². The number of nitrogens with zero attached hydrogens (tertiary/aromatic N) is 13. The third-order valence-electron chi connectivity index (χ3n) is 13.1. The number of rotatable bonds is 7. The van der Waals surface area contributed by atoms with E-state index in [9.17, 15) is 9.59 Å². The first-order valence-electron chi connectivity index (χ1n) is 22.5. The van der Waals surface area contributed by atoms with Crippen LogP contribution >= 0.6 is 11.6 Å². The highest BCUT2D eigenvalue weighted by Gasteiger charge is 2.34. The van der Waals surface area contributed by atoms with E-state index in [1.807, 2.05) is 30.5 Å². The van der Waals surface area contributed by atoms with E-state index in [4.69, 9.17) is 31.3 Å². The Bertz CT molecular complexity index is 3020. The summed E-state index contributed by atoms with van der Waals surface area (Å²) in [5.74, 6) is 5.53. The quantitative estimate of drug-likeness (QED) is 0.194. The lowest BCUT2D eigenvalue weighted by molar-refractivity contribution is 0.0831. The topological polar surface area (TPSA) is 220 Å². The number of likely N-dealkylation sites (tertiary alicyclic amines) is 1. The largest absolute Gasteiger partial charge is 0.381 e. The predicted molar refractivity (Wildman–Crippen MR) is 240 cm³/mol. The fourth-order valence-electron chi connectivity index (χ4n) is 9.49. The standard InChI is InChI=1S/C22H26N8O2.C15H21N5O2.C7H6ClN3/c1-14-11-28(12-16-2-3-19-23-6-7-29(19)26-16)13-17(14)20-25-22(31)18-10-24-21(30(18)27-20)15-4-8-32-9-5-15;1-9-6-16-7-11(9)13-18-15(21)12-8-17-14(20(12)19-13)10-2-4-22-5-3-10;8-5-6-1-2-7-9-3-4-11(7)10-6/h2-3,6-7,10,14-15,17H,4-5,8-9,11-13H2,1H3,(H,25,27,31);8-11,16H,2-7H2,1H3,(H,18,19,21);1-4H,5H2. The number of aromatic amines is 2. The van der Waals surface area contributed by atoms with E-state index in [0.717, 1.165) is 131 Å². The molecule has 20 nitrogen and oxygen atoms in total. The first-order valence-corrected chi connectivity index (χ1v) is 23.0. The Morgan fingerprint density at radius 3 is 1.72 bits per heavy atom. The van der Waals surface area contributed by atoms with Crippen LogP contribution in [-0.4, -0.2) is 126 Å². The van der Waals surface area contributed by atoms with E-state index in [1.54, 1.807) is 49.0 Å². The summed E-state index contributed by atoms with van der Waals surface area (Å²) < 4.78 is 17.9. The van der Waals surface area contributed by atoms with Crippen molar-refractivity contribution < 1.29 is 9.47 Å². The molecule has 8 aromatic rings. The minimum atomic E-state index is -0.126. The van der Waals surface area contributed by atoms with Gasteiger partial charge >= 0.3 is 0 Å². The van der Waals surface area contributed by atoms with Crippen molar-refractivity contribution in [2.45, 2.75) is 75.6 Å². The molecule has 4 unspecified atom stereocenters. The summed E-state index contributed by atoms with van der Waals surface area (Å²) in [6.07, 6.45) is 14.1. The maximum atomic E-state index is 12.8. The third kappa shape index (κ3) is 9.04. The van der Waals surface area contributed by atoms with Crippen LogP contribution in [0.3, 0.4) is 0 Å². The molecular weight excluding hydrogens is 852 g/mol. The number of H-pyrrole nitrogens is 2. The molecule has 340 valence electrons. The van der Waals surface area contributed by atoms with Crippen LogP contribution in [0.1, 0.15) is 97.9 Å². The van der Waals surface area contributed by atoms with Crippen molar-refractivity contribution in [2.75, 3.05) is 52.6 Å². The number of alkyl halides is 1. The number of aromatic nitrogens is 14. The summed E-state index contributed by atoms with van der Waals surface area (Å²) in [7, 11) is 0. The maximum Gasteiger partial charge on any atom is 0.276 e. The molecule has 3 N–H and O–H groups in total. The van der Waals surface area contributed by atoms with Crippen LogP contribution in [0.4, 0.5) is 0 Å². The minimum Gasteiger partial charge on any atom is -0.381 e. The van der Waals surface area contributed by atoms with E-state index in [-0.39, 0.29) is 28.9 Å². The lowest BCUT2D eigenvalue weighted by Crippen LogP contribution is -2.24. The molecule has 4 saturated heterocycles. The molecule has 0 saturated carbocycles. The van der Waals surface area contributed by atoms with Crippen LogP contribution in [0.25, 0.3) is 22.3 Å². The zero-order chi connectivity index (χ0) is 44.4. The number of ether oxygens (including phenoxy) is 2. The molecule has 12 heterocycles. The van der Waals surface area contributed by atoms with Gasteiger partial charge in [0.2, 0.25) is 0 Å². The highest BCUT2D eigenvalue weighted by atomic mass is 35.5. The minimum absolute atomic E-state index is 0.102. The number of nitrogens with one attached hydrogen (secondary N) is 3. The van der Waals surface area contributed by atoms with Crippen molar-refractivity contribution in [2.24, 2.45) is 11.8 Å². The molecule has 65 heavy (non-hydrogen) atoms.